The molecule has 0 spiro atoms. The number of carbonyl (C=O) groups is 4. The van der Waals surface area contributed by atoms with Gasteiger partial charge in [-0.3, -0.25) is 14.6 Å². The van der Waals surface area contributed by atoms with Gasteiger partial charge in [0, 0.05) is 31.4 Å². The molecular weight excluding hydrogens is 700 g/mol. The van der Waals surface area contributed by atoms with Crippen LogP contribution in [0, 0.1) is 0 Å². The molecule has 3 aromatic rings. The Morgan fingerprint density at radius 2 is 1.39 bits per heavy atom. The van der Waals surface area contributed by atoms with Gasteiger partial charge in [-0.25, -0.2) is 14.5 Å². The molecule has 4 aliphatic rings. The Bertz CT molecular complexity index is 2150. The van der Waals surface area contributed by atoms with Crippen molar-refractivity contribution in [3.8, 4) is 23.0 Å². The lowest BCUT2D eigenvalue weighted by Gasteiger charge is -2.30. The van der Waals surface area contributed by atoms with Gasteiger partial charge in [-0.1, -0.05) is 24.3 Å². The molecule has 2 N–H and O–H groups in total. The quantitative estimate of drug-likeness (QED) is 0.229. The predicted octanol–water partition coefficient (Wildman–Crippen LogP) is 4.72. The summed E-state index contributed by atoms with van der Waals surface area (Å²) in [6.07, 6.45) is -0.390. The number of carbonyl (C=O) groups excluding carboxylic acids is 3. The number of aliphatic imine (C=N–C) groups is 1. The number of anilines is 1. The molecule has 7 rings (SSSR count). The summed E-state index contributed by atoms with van der Waals surface area (Å²) in [5, 5.41) is 21.3. The largest absolute Gasteiger partial charge is 0.493 e. The Morgan fingerprint density at radius 1 is 0.796 bits per heavy atom. The summed E-state index contributed by atoms with van der Waals surface area (Å²) >= 11 is 0. The van der Waals surface area contributed by atoms with Crippen LogP contribution in [0.1, 0.15) is 55.0 Å². The number of rotatable bonds is 9. The zero-order valence-corrected chi connectivity index (χ0v) is 29.9. The number of hydrogen-bond donors (Lipinski definition) is 2. The van der Waals surface area contributed by atoms with Gasteiger partial charge in [-0.2, -0.15) is 0 Å². The molecule has 0 radical (unpaired) electrons. The third-order valence-corrected chi connectivity index (χ3v) is 9.85. The monoisotopic (exact) mass is 738 g/mol. The molecule has 15 nitrogen and oxygen atoms in total. The molecule has 2 fully saturated rings. The number of hydrogen-bond acceptors (Lipinski definition) is 11. The van der Waals surface area contributed by atoms with Crippen LogP contribution >= 0.6 is 0 Å². The maximum Gasteiger partial charge on any atom is 0.414 e. The van der Waals surface area contributed by atoms with Crippen molar-refractivity contribution >= 4 is 41.5 Å². The first kappa shape index (κ1) is 36.0. The number of aliphatic hydroxyl groups is 1. The van der Waals surface area contributed by atoms with E-state index in [2.05, 4.69) is 18.2 Å². The molecule has 0 aromatic heterocycles. The highest BCUT2D eigenvalue weighted by atomic mass is 16.5. The average Bonchev–Trinajstić information content (AvgIpc) is 3.70. The molecule has 2 saturated heterocycles. The molecule has 54 heavy (non-hydrogen) atoms. The summed E-state index contributed by atoms with van der Waals surface area (Å²) < 4.78 is 28.4. The van der Waals surface area contributed by atoms with Gasteiger partial charge < -0.3 is 43.7 Å². The Hall–Kier alpha value is -6.35. The minimum absolute atomic E-state index is 0.0134. The normalized spacial score (nSPS) is 20.1. The van der Waals surface area contributed by atoms with E-state index in [0.717, 1.165) is 10.5 Å². The van der Waals surface area contributed by atoms with Crippen LogP contribution in [0.2, 0.25) is 0 Å². The van der Waals surface area contributed by atoms with Crippen LogP contribution in [-0.2, 0) is 18.0 Å². The number of methoxy groups -OCH3 is 3. The maximum absolute atomic E-state index is 13.6. The third-order valence-electron chi connectivity index (χ3n) is 9.85. The van der Waals surface area contributed by atoms with E-state index in [1.807, 2.05) is 0 Å². The van der Waals surface area contributed by atoms with Crippen LogP contribution in [-0.4, -0.2) is 103 Å². The molecule has 15 heteroatoms. The van der Waals surface area contributed by atoms with Crippen LogP contribution in [0.3, 0.4) is 0 Å². The highest BCUT2D eigenvalue weighted by Crippen LogP contribution is 2.42. The lowest BCUT2D eigenvalue weighted by Crippen LogP contribution is -2.50. The van der Waals surface area contributed by atoms with Crippen molar-refractivity contribution in [3.05, 3.63) is 94.6 Å². The van der Waals surface area contributed by atoms with Gasteiger partial charge in [0.15, 0.2) is 29.2 Å². The van der Waals surface area contributed by atoms with Gasteiger partial charge in [0.05, 0.1) is 61.5 Å². The van der Waals surface area contributed by atoms with Crippen molar-refractivity contribution in [2.45, 2.75) is 44.4 Å². The van der Waals surface area contributed by atoms with E-state index < -0.39 is 30.2 Å². The molecule has 0 aliphatic carbocycles. The molecule has 4 aliphatic heterocycles. The highest BCUT2D eigenvalue weighted by molar-refractivity contribution is 6.06. The fourth-order valence-electron chi connectivity index (χ4n) is 7.29. The van der Waals surface area contributed by atoms with Crippen molar-refractivity contribution in [2.75, 3.05) is 39.3 Å². The standard InChI is InChI=1S/C39H38N4O11/c1-20-6-25-15-40-28-13-33(31(50-3)11-26(28)35(44)41(25)16-20)53-18-22-8-23(10-24(9-22)38(47)52-5)19-54-34-14-29-27(12-32(34)51-4)36(45)42-17-21(2)7-30(42)37(46)43(29)39(48)49/h8-15,25,30,37,46H,1-2,6-7,16-19H2,3-5H3,(H,48,49)/t25-,30-,37-/m0/s1. The van der Waals surface area contributed by atoms with E-state index in [0.29, 0.717) is 52.4 Å². The summed E-state index contributed by atoms with van der Waals surface area (Å²) in [4.78, 5) is 60.7. The number of benzene rings is 3. The van der Waals surface area contributed by atoms with Gasteiger partial charge in [0.1, 0.15) is 13.2 Å². The van der Waals surface area contributed by atoms with E-state index in [4.69, 9.17) is 23.7 Å². The van der Waals surface area contributed by atoms with Crippen LogP contribution in [0.25, 0.3) is 0 Å². The van der Waals surface area contributed by atoms with Crippen molar-refractivity contribution < 1.29 is 53.1 Å². The van der Waals surface area contributed by atoms with Gasteiger partial charge in [-0.05, 0) is 54.3 Å². The average molecular weight is 739 g/mol. The Kier molecular flexibility index (Phi) is 9.49. The summed E-state index contributed by atoms with van der Waals surface area (Å²) in [5.74, 6) is -0.380. The van der Waals surface area contributed by atoms with Crippen molar-refractivity contribution in [1.29, 1.82) is 0 Å². The molecule has 3 atom stereocenters. The van der Waals surface area contributed by atoms with E-state index in [-0.39, 0.29) is 66.4 Å². The van der Waals surface area contributed by atoms with E-state index >= 15 is 0 Å². The summed E-state index contributed by atoms with van der Waals surface area (Å²) in [6.45, 7) is 8.42. The lowest BCUT2D eigenvalue weighted by atomic mass is 10.1. The van der Waals surface area contributed by atoms with Crippen LogP contribution in [0.5, 0.6) is 23.0 Å². The number of nitrogens with zero attached hydrogens (tertiary/aromatic N) is 4. The first-order chi connectivity index (χ1) is 25.9. The molecule has 3 aromatic carbocycles. The smallest absolute Gasteiger partial charge is 0.414 e. The summed E-state index contributed by atoms with van der Waals surface area (Å²) in [7, 11) is 4.11. The molecule has 4 heterocycles. The first-order valence-corrected chi connectivity index (χ1v) is 17.0. The van der Waals surface area contributed by atoms with Crippen molar-refractivity contribution in [2.24, 2.45) is 4.99 Å². The highest BCUT2D eigenvalue weighted by Gasteiger charge is 2.46. The first-order valence-electron chi connectivity index (χ1n) is 17.0. The number of amides is 3. The number of fused-ring (bicyclic) bond motifs is 4. The Morgan fingerprint density at radius 3 is 2.02 bits per heavy atom. The van der Waals surface area contributed by atoms with Gasteiger partial charge in [0.2, 0.25) is 0 Å². The summed E-state index contributed by atoms with van der Waals surface area (Å²) in [6, 6.07) is 9.91. The molecule has 0 bridgehead atoms. The Balaban J connectivity index is 1.16. The second-order valence-electron chi connectivity index (χ2n) is 13.4. The maximum atomic E-state index is 13.6. The molecule has 3 amide bonds. The van der Waals surface area contributed by atoms with E-state index in [1.54, 1.807) is 41.4 Å². The minimum Gasteiger partial charge on any atom is -0.493 e. The third kappa shape index (κ3) is 6.46. The van der Waals surface area contributed by atoms with E-state index in [1.165, 1.54) is 38.4 Å². The zero-order chi connectivity index (χ0) is 38.4. The molecule has 280 valence electrons. The fourth-order valence-corrected chi connectivity index (χ4v) is 7.29. The number of aliphatic hydroxyl groups excluding tert-OH is 1. The van der Waals surface area contributed by atoms with Gasteiger partial charge >= 0.3 is 12.1 Å². The van der Waals surface area contributed by atoms with Crippen LogP contribution in [0.4, 0.5) is 16.2 Å². The topological polar surface area (TPSA) is 177 Å². The summed E-state index contributed by atoms with van der Waals surface area (Å²) in [5.41, 5.74) is 3.71. The zero-order valence-electron chi connectivity index (χ0n) is 29.9. The number of esters is 1. The van der Waals surface area contributed by atoms with Crippen LogP contribution in [0.15, 0.2) is 71.8 Å². The number of ether oxygens (including phenoxy) is 5. The number of carboxylic acid groups (broad SMARTS) is 1. The van der Waals surface area contributed by atoms with E-state index in [9.17, 15) is 29.4 Å². The van der Waals surface area contributed by atoms with Crippen LogP contribution < -0.4 is 23.8 Å². The SMILES string of the molecule is C=C1C[C@H]2C=Nc3cc(OCc4cc(COc5cc6c(cc5OC)C(=O)N5CC(=C)C[C@H]5[C@H](O)N6C(=O)O)cc(C(=O)OC)c4)c(OC)cc3C(=O)N2C1. The van der Waals surface area contributed by atoms with Gasteiger partial charge in [0.25, 0.3) is 11.8 Å². The molecular formula is C39H38N4O11. The van der Waals surface area contributed by atoms with Crippen molar-refractivity contribution in [3.63, 3.8) is 0 Å². The fraction of sp³-hybridized carbons (Fsp3) is 0.308. The second kappa shape index (κ2) is 14.2. The predicted molar refractivity (Wildman–Crippen MR) is 194 cm³/mol. The molecule has 0 unspecified atom stereocenters. The molecule has 0 saturated carbocycles. The van der Waals surface area contributed by atoms with Crippen molar-refractivity contribution in [1.82, 2.24) is 9.80 Å². The second-order valence-corrected chi connectivity index (χ2v) is 13.4. The van der Waals surface area contributed by atoms with Gasteiger partial charge in [-0.15, -0.1) is 0 Å². The Labute approximate surface area is 310 Å². The minimum atomic E-state index is -1.56. The lowest BCUT2D eigenvalue weighted by molar-refractivity contribution is 0.0511.